The highest BCUT2D eigenvalue weighted by Gasteiger charge is 2.12. The fourth-order valence-corrected chi connectivity index (χ4v) is 3.36. The highest BCUT2D eigenvalue weighted by molar-refractivity contribution is 5.92. The monoisotopic (exact) mass is 347 g/mol. The van der Waals surface area contributed by atoms with Crippen molar-refractivity contribution in [1.29, 1.82) is 0 Å². The Morgan fingerprint density at radius 2 is 2.08 bits per heavy atom. The number of nitrogens with zero attached hydrogens (tertiary/aromatic N) is 2. The first-order chi connectivity index (χ1) is 12.7. The number of amides is 1. The van der Waals surface area contributed by atoms with E-state index in [4.69, 9.17) is 4.74 Å². The number of hydrogen-bond donors (Lipinski definition) is 1. The van der Waals surface area contributed by atoms with Crippen LogP contribution in [-0.2, 0) is 24.7 Å². The molecule has 0 spiro atoms. The van der Waals surface area contributed by atoms with Gasteiger partial charge in [0.1, 0.15) is 11.6 Å². The number of anilines is 1. The molecule has 0 saturated heterocycles. The summed E-state index contributed by atoms with van der Waals surface area (Å²) in [4.78, 5) is 16.6. The smallest absolute Gasteiger partial charge is 0.262 e. The molecule has 1 aromatic heterocycles. The lowest BCUT2D eigenvalue weighted by Crippen LogP contribution is -2.20. The fourth-order valence-electron chi connectivity index (χ4n) is 3.36. The van der Waals surface area contributed by atoms with Gasteiger partial charge in [0.15, 0.2) is 6.61 Å². The van der Waals surface area contributed by atoms with E-state index in [0.717, 1.165) is 35.7 Å². The van der Waals surface area contributed by atoms with Crippen LogP contribution in [0.25, 0.3) is 11.4 Å². The van der Waals surface area contributed by atoms with E-state index in [9.17, 15) is 4.79 Å². The first-order valence-electron chi connectivity index (χ1n) is 8.81. The minimum atomic E-state index is -0.178. The van der Waals surface area contributed by atoms with Crippen molar-refractivity contribution >= 4 is 11.6 Å². The normalized spacial score (nSPS) is 12.7. The van der Waals surface area contributed by atoms with E-state index in [1.54, 1.807) is 6.20 Å². The summed E-state index contributed by atoms with van der Waals surface area (Å²) in [6.45, 7) is -0.00851. The lowest BCUT2D eigenvalue weighted by Gasteiger charge is -2.10. The van der Waals surface area contributed by atoms with Gasteiger partial charge in [-0.1, -0.05) is 18.2 Å². The van der Waals surface area contributed by atoms with Gasteiger partial charge in [0.25, 0.3) is 5.91 Å². The number of nitrogens with one attached hydrogen (secondary N) is 1. The Hall–Kier alpha value is -3.08. The van der Waals surface area contributed by atoms with Crippen LogP contribution in [0.5, 0.6) is 5.75 Å². The van der Waals surface area contributed by atoms with Crippen molar-refractivity contribution in [3.63, 3.8) is 0 Å². The van der Waals surface area contributed by atoms with Gasteiger partial charge < -0.3 is 14.6 Å². The van der Waals surface area contributed by atoms with Crippen molar-refractivity contribution in [1.82, 2.24) is 9.55 Å². The Bertz CT molecular complexity index is 946. The molecule has 0 aliphatic heterocycles. The van der Waals surface area contributed by atoms with E-state index < -0.39 is 0 Å². The van der Waals surface area contributed by atoms with E-state index in [-0.39, 0.29) is 12.5 Å². The van der Waals surface area contributed by atoms with Crippen LogP contribution in [0.1, 0.15) is 17.5 Å². The molecule has 1 N–H and O–H groups in total. The van der Waals surface area contributed by atoms with Gasteiger partial charge in [0.2, 0.25) is 0 Å². The molecular weight excluding hydrogens is 326 g/mol. The number of imidazole rings is 1. The van der Waals surface area contributed by atoms with Crippen molar-refractivity contribution < 1.29 is 9.53 Å². The van der Waals surface area contributed by atoms with Gasteiger partial charge in [-0.15, -0.1) is 0 Å². The Kier molecular flexibility index (Phi) is 4.44. The molecule has 3 aromatic rings. The molecular formula is C21H21N3O2. The van der Waals surface area contributed by atoms with E-state index in [1.807, 2.05) is 48.1 Å². The minimum absolute atomic E-state index is 0.00851. The maximum Gasteiger partial charge on any atom is 0.262 e. The van der Waals surface area contributed by atoms with Crippen LogP contribution < -0.4 is 10.1 Å². The third-order valence-electron chi connectivity index (χ3n) is 4.67. The number of carbonyl (C=O) groups excluding carboxylic acids is 1. The summed E-state index contributed by atoms with van der Waals surface area (Å²) in [6.07, 6.45) is 7.09. The highest BCUT2D eigenvalue weighted by Crippen LogP contribution is 2.26. The molecule has 0 fully saturated rings. The largest absolute Gasteiger partial charge is 0.484 e. The Labute approximate surface area is 152 Å². The molecule has 4 rings (SSSR count). The summed E-state index contributed by atoms with van der Waals surface area (Å²) in [6, 6.07) is 13.7. The highest BCUT2D eigenvalue weighted by atomic mass is 16.5. The SMILES string of the molecule is Cn1ccnc1-c1cccc(NC(=O)COc2ccc3c(c2)CCC3)c1. The number of fused-ring (bicyclic) bond motifs is 1. The number of carbonyl (C=O) groups is 1. The lowest BCUT2D eigenvalue weighted by molar-refractivity contribution is -0.118. The quantitative estimate of drug-likeness (QED) is 0.767. The first-order valence-corrected chi connectivity index (χ1v) is 8.81. The molecule has 0 radical (unpaired) electrons. The Balaban J connectivity index is 1.38. The zero-order valence-electron chi connectivity index (χ0n) is 14.7. The Morgan fingerprint density at radius 3 is 2.92 bits per heavy atom. The Morgan fingerprint density at radius 1 is 1.19 bits per heavy atom. The number of aryl methyl sites for hydroxylation is 3. The fraction of sp³-hybridized carbons (Fsp3) is 0.238. The molecule has 1 aliphatic carbocycles. The van der Waals surface area contributed by atoms with Gasteiger partial charge in [0, 0.05) is 30.7 Å². The predicted octanol–water partition coefficient (Wildman–Crippen LogP) is 3.59. The molecule has 132 valence electrons. The summed E-state index contributed by atoms with van der Waals surface area (Å²) < 4.78 is 7.60. The zero-order chi connectivity index (χ0) is 17.9. The molecule has 0 bridgehead atoms. The second-order valence-electron chi connectivity index (χ2n) is 6.56. The first kappa shape index (κ1) is 16.4. The maximum atomic E-state index is 12.2. The summed E-state index contributed by atoms with van der Waals surface area (Å²) >= 11 is 0. The number of rotatable bonds is 5. The average molecular weight is 347 g/mol. The van der Waals surface area contributed by atoms with Crippen LogP contribution >= 0.6 is 0 Å². The molecule has 5 nitrogen and oxygen atoms in total. The van der Waals surface area contributed by atoms with Gasteiger partial charge in [-0.05, 0) is 54.7 Å². The van der Waals surface area contributed by atoms with Crippen LogP contribution in [0.3, 0.4) is 0 Å². The van der Waals surface area contributed by atoms with E-state index in [1.165, 1.54) is 17.5 Å². The van der Waals surface area contributed by atoms with Gasteiger partial charge >= 0.3 is 0 Å². The second-order valence-corrected chi connectivity index (χ2v) is 6.56. The number of hydrogen-bond acceptors (Lipinski definition) is 3. The maximum absolute atomic E-state index is 12.2. The second kappa shape index (κ2) is 7.04. The van der Waals surface area contributed by atoms with Gasteiger partial charge in [-0.3, -0.25) is 4.79 Å². The van der Waals surface area contributed by atoms with Crippen LogP contribution in [0, 0.1) is 0 Å². The van der Waals surface area contributed by atoms with E-state index in [0.29, 0.717) is 0 Å². The molecule has 26 heavy (non-hydrogen) atoms. The third kappa shape index (κ3) is 3.47. The lowest BCUT2D eigenvalue weighted by atomic mass is 10.1. The van der Waals surface area contributed by atoms with Gasteiger partial charge in [-0.25, -0.2) is 4.98 Å². The summed E-state index contributed by atoms with van der Waals surface area (Å²) in [5, 5.41) is 2.89. The zero-order valence-corrected chi connectivity index (χ0v) is 14.7. The van der Waals surface area contributed by atoms with Crippen molar-refractivity contribution in [2.24, 2.45) is 7.05 Å². The number of aromatic nitrogens is 2. The average Bonchev–Trinajstić information content (AvgIpc) is 3.28. The summed E-state index contributed by atoms with van der Waals surface area (Å²) in [5.41, 5.74) is 4.42. The van der Waals surface area contributed by atoms with Gasteiger partial charge in [0.05, 0.1) is 0 Å². The molecule has 0 atom stereocenters. The van der Waals surface area contributed by atoms with Crippen LogP contribution in [0.4, 0.5) is 5.69 Å². The van der Waals surface area contributed by atoms with Crippen molar-refractivity contribution in [3.8, 4) is 17.1 Å². The molecule has 0 saturated carbocycles. The topological polar surface area (TPSA) is 56.2 Å². The van der Waals surface area contributed by atoms with Crippen molar-refractivity contribution in [3.05, 3.63) is 66.0 Å². The molecule has 2 aromatic carbocycles. The van der Waals surface area contributed by atoms with Crippen LogP contribution in [-0.4, -0.2) is 22.1 Å². The molecule has 1 heterocycles. The summed E-state index contributed by atoms with van der Waals surface area (Å²) in [5.74, 6) is 1.43. The van der Waals surface area contributed by atoms with E-state index in [2.05, 4.69) is 22.4 Å². The van der Waals surface area contributed by atoms with Gasteiger partial charge in [-0.2, -0.15) is 0 Å². The molecule has 1 aliphatic rings. The minimum Gasteiger partial charge on any atom is -0.484 e. The molecule has 0 unspecified atom stereocenters. The molecule has 1 amide bonds. The third-order valence-corrected chi connectivity index (χ3v) is 4.67. The van der Waals surface area contributed by atoms with Crippen molar-refractivity contribution in [2.45, 2.75) is 19.3 Å². The number of benzene rings is 2. The van der Waals surface area contributed by atoms with Crippen molar-refractivity contribution in [2.75, 3.05) is 11.9 Å². The van der Waals surface area contributed by atoms with E-state index >= 15 is 0 Å². The summed E-state index contributed by atoms with van der Waals surface area (Å²) in [7, 11) is 1.94. The van der Waals surface area contributed by atoms with Crippen LogP contribution in [0.2, 0.25) is 0 Å². The predicted molar refractivity (Wildman–Crippen MR) is 101 cm³/mol. The number of ether oxygens (including phenoxy) is 1. The standard InChI is InChI=1S/C21H21N3O2/c1-24-11-10-22-21(24)17-6-3-7-18(12-17)23-20(25)14-26-19-9-8-15-4-2-5-16(15)13-19/h3,6-13H,2,4-5,14H2,1H3,(H,23,25). The van der Waals surface area contributed by atoms with Crippen LogP contribution in [0.15, 0.2) is 54.9 Å². The molecule has 5 heteroatoms.